The van der Waals surface area contributed by atoms with Gasteiger partial charge < -0.3 is 9.80 Å². The lowest BCUT2D eigenvalue weighted by Gasteiger charge is -2.31. The number of nitrogens with zero attached hydrogens (tertiary/aromatic N) is 4. The van der Waals surface area contributed by atoms with E-state index in [0.717, 1.165) is 24.6 Å². The molecule has 1 rings (SSSR count). The third-order valence-electron chi connectivity index (χ3n) is 2.61. The fourth-order valence-corrected chi connectivity index (χ4v) is 2.21. The van der Waals surface area contributed by atoms with E-state index < -0.39 is 0 Å². The lowest BCUT2D eigenvalue weighted by atomic mass is 10.2. The van der Waals surface area contributed by atoms with Gasteiger partial charge in [0.15, 0.2) is 0 Å². The van der Waals surface area contributed by atoms with E-state index in [-0.39, 0.29) is 0 Å². The SMILES string of the molecule is CCN(c1cc(C)nc(Cl)n1)C(C)CN(C)C. The summed E-state index contributed by atoms with van der Waals surface area (Å²) in [5.41, 5.74) is 0.899. The van der Waals surface area contributed by atoms with Gasteiger partial charge in [-0.3, -0.25) is 0 Å². The summed E-state index contributed by atoms with van der Waals surface area (Å²) in [6.45, 7) is 8.13. The maximum Gasteiger partial charge on any atom is 0.224 e. The highest BCUT2D eigenvalue weighted by molar-refractivity contribution is 6.28. The maximum atomic E-state index is 5.90. The molecule has 0 aromatic carbocycles. The minimum atomic E-state index is 0.315. The maximum absolute atomic E-state index is 5.90. The second-order valence-electron chi connectivity index (χ2n) is 4.53. The van der Waals surface area contributed by atoms with Crippen molar-refractivity contribution in [2.24, 2.45) is 0 Å². The molecule has 0 bridgehead atoms. The molecule has 0 aliphatic carbocycles. The van der Waals surface area contributed by atoms with E-state index in [0.29, 0.717) is 11.3 Å². The molecule has 4 nitrogen and oxygen atoms in total. The molecule has 0 saturated heterocycles. The Morgan fingerprint density at radius 2 is 2.00 bits per heavy atom. The second kappa shape index (κ2) is 6.17. The third-order valence-corrected chi connectivity index (χ3v) is 2.78. The Morgan fingerprint density at radius 1 is 1.35 bits per heavy atom. The number of hydrogen-bond acceptors (Lipinski definition) is 4. The molecule has 1 atom stereocenters. The number of halogens is 1. The monoisotopic (exact) mass is 256 g/mol. The molecule has 0 aliphatic rings. The zero-order valence-corrected chi connectivity index (χ0v) is 12.0. The summed E-state index contributed by atoms with van der Waals surface area (Å²) in [6.07, 6.45) is 0. The van der Waals surface area contributed by atoms with Crippen LogP contribution in [0.25, 0.3) is 0 Å². The molecule has 0 fully saturated rings. The largest absolute Gasteiger partial charge is 0.353 e. The molecule has 0 amide bonds. The van der Waals surface area contributed by atoms with Gasteiger partial charge in [0.1, 0.15) is 5.82 Å². The highest BCUT2D eigenvalue weighted by atomic mass is 35.5. The summed E-state index contributed by atoms with van der Waals surface area (Å²) in [5, 5.41) is 0.315. The van der Waals surface area contributed by atoms with Gasteiger partial charge in [-0.15, -0.1) is 0 Å². The Balaban J connectivity index is 2.92. The summed E-state index contributed by atoms with van der Waals surface area (Å²) in [5.74, 6) is 0.902. The summed E-state index contributed by atoms with van der Waals surface area (Å²) in [4.78, 5) is 12.8. The lowest BCUT2D eigenvalue weighted by Crippen LogP contribution is -2.40. The second-order valence-corrected chi connectivity index (χ2v) is 4.87. The fourth-order valence-electron chi connectivity index (χ4n) is 1.99. The Bertz CT molecular complexity index is 347. The van der Waals surface area contributed by atoms with E-state index in [1.54, 1.807) is 0 Å². The van der Waals surface area contributed by atoms with E-state index >= 15 is 0 Å². The topological polar surface area (TPSA) is 32.3 Å². The number of aromatic nitrogens is 2. The molecule has 96 valence electrons. The van der Waals surface area contributed by atoms with Crippen LogP contribution in [0.4, 0.5) is 5.82 Å². The average molecular weight is 257 g/mol. The molecule has 0 spiro atoms. The molecule has 17 heavy (non-hydrogen) atoms. The van der Waals surface area contributed by atoms with Gasteiger partial charge in [0.25, 0.3) is 0 Å². The van der Waals surface area contributed by atoms with E-state index in [9.17, 15) is 0 Å². The van der Waals surface area contributed by atoms with Crippen LogP contribution in [0.5, 0.6) is 0 Å². The van der Waals surface area contributed by atoms with Crippen LogP contribution in [0, 0.1) is 6.92 Å². The number of rotatable bonds is 5. The standard InChI is InChI=1S/C12H21ClN4/c1-6-17(10(3)8-16(4)5)11-7-9(2)14-12(13)15-11/h7,10H,6,8H2,1-5H3. The average Bonchev–Trinajstić information content (AvgIpc) is 2.15. The molecule has 1 heterocycles. The Labute approximate surface area is 109 Å². The predicted molar refractivity (Wildman–Crippen MR) is 72.8 cm³/mol. The van der Waals surface area contributed by atoms with Crippen molar-refractivity contribution in [3.63, 3.8) is 0 Å². The van der Waals surface area contributed by atoms with Gasteiger partial charge in [-0.1, -0.05) is 0 Å². The summed E-state index contributed by atoms with van der Waals surface area (Å²) in [7, 11) is 4.14. The zero-order chi connectivity index (χ0) is 13.0. The first-order valence-corrected chi connectivity index (χ1v) is 6.24. The van der Waals surface area contributed by atoms with Crippen LogP contribution in [0.15, 0.2) is 6.07 Å². The minimum Gasteiger partial charge on any atom is -0.353 e. The molecule has 1 unspecified atom stereocenters. The van der Waals surface area contributed by atoms with Crippen LogP contribution in [-0.4, -0.2) is 48.1 Å². The molecule has 0 aliphatic heterocycles. The quantitative estimate of drug-likeness (QED) is 0.757. The van der Waals surface area contributed by atoms with Gasteiger partial charge >= 0.3 is 0 Å². The lowest BCUT2D eigenvalue weighted by molar-refractivity contribution is 0.372. The Morgan fingerprint density at radius 3 is 2.47 bits per heavy atom. The van der Waals surface area contributed by atoms with Crippen LogP contribution in [0.1, 0.15) is 19.5 Å². The first kappa shape index (κ1) is 14.2. The van der Waals surface area contributed by atoms with E-state index in [2.05, 4.69) is 47.7 Å². The first-order chi connectivity index (χ1) is 7.93. The Kier molecular flexibility index (Phi) is 5.15. The number of hydrogen-bond donors (Lipinski definition) is 0. The van der Waals surface area contributed by atoms with Crippen molar-refractivity contribution >= 4 is 17.4 Å². The van der Waals surface area contributed by atoms with Gasteiger partial charge in [-0.2, -0.15) is 0 Å². The first-order valence-electron chi connectivity index (χ1n) is 5.86. The van der Waals surface area contributed by atoms with Crippen molar-refractivity contribution in [2.75, 3.05) is 32.1 Å². The molecular formula is C12H21ClN4. The summed E-state index contributed by atoms with van der Waals surface area (Å²) in [6, 6.07) is 2.36. The third kappa shape index (κ3) is 4.13. The van der Waals surface area contributed by atoms with E-state index in [1.165, 1.54) is 0 Å². The van der Waals surface area contributed by atoms with Crippen molar-refractivity contribution in [1.82, 2.24) is 14.9 Å². The fraction of sp³-hybridized carbons (Fsp3) is 0.667. The van der Waals surface area contributed by atoms with Crippen LogP contribution >= 0.6 is 11.6 Å². The van der Waals surface area contributed by atoms with Gasteiger partial charge in [0, 0.05) is 30.9 Å². The van der Waals surface area contributed by atoms with Crippen molar-refractivity contribution < 1.29 is 0 Å². The van der Waals surface area contributed by atoms with Crippen molar-refractivity contribution in [3.05, 3.63) is 17.0 Å². The molecule has 0 radical (unpaired) electrons. The molecular weight excluding hydrogens is 236 g/mol. The van der Waals surface area contributed by atoms with Gasteiger partial charge in [-0.25, -0.2) is 9.97 Å². The minimum absolute atomic E-state index is 0.315. The van der Waals surface area contributed by atoms with E-state index in [1.807, 2.05) is 13.0 Å². The normalized spacial score (nSPS) is 12.9. The zero-order valence-electron chi connectivity index (χ0n) is 11.2. The van der Waals surface area contributed by atoms with Crippen molar-refractivity contribution in [3.8, 4) is 0 Å². The van der Waals surface area contributed by atoms with Crippen LogP contribution < -0.4 is 4.90 Å². The van der Waals surface area contributed by atoms with Crippen molar-refractivity contribution in [2.45, 2.75) is 26.8 Å². The van der Waals surface area contributed by atoms with E-state index in [4.69, 9.17) is 11.6 Å². The summed E-state index contributed by atoms with van der Waals surface area (Å²) < 4.78 is 0. The molecule has 1 aromatic heterocycles. The van der Waals surface area contributed by atoms with Crippen LogP contribution in [0.3, 0.4) is 0 Å². The highest BCUT2D eigenvalue weighted by Gasteiger charge is 2.15. The van der Waals surface area contributed by atoms with Gasteiger partial charge in [-0.05, 0) is 46.5 Å². The smallest absolute Gasteiger partial charge is 0.224 e. The predicted octanol–water partition coefficient (Wildman–Crippen LogP) is 2.21. The number of anilines is 1. The molecule has 5 heteroatoms. The summed E-state index contributed by atoms with van der Waals surface area (Å²) >= 11 is 5.90. The Hall–Kier alpha value is -0.870. The number of aryl methyl sites for hydroxylation is 1. The van der Waals surface area contributed by atoms with Crippen LogP contribution in [0.2, 0.25) is 5.28 Å². The van der Waals surface area contributed by atoms with Crippen LogP contribution in [-0.2, 0) is 0 Å². The van der Waals surface area contributed by atoms with Gasteiger partial charge in [0.2, 0.25) is 5.28 Å². The van der Waals surface area contributed by atoms with Gasteiger partial charge in [0.05, 0.1) is 0 Å². The molecule has 1 aromatic rings. The molecule has 0 N–H and O–H groups in total. The van der Waals surface area contributed by atoms with Crippen molar-refractivity contribution in [1.29, 1.82) is 0 Å². The molecule has 0 saturated carbocycles. The number of likely N-dealkylation sites (N-methyl/N-ethyl adjacent to an activating group) is 2. The highest BCUT2D eigenvalue weighted by Crippen LogP contribution is 2.17.